The average molecular weight is 297 g/mol. The lowest BCUT2D eigenvalue weighted by atomic mass is 9.99. The van der Waals surface area contributed by atoms with E-state index in [9.17, 15) is 14.7 Å². The first-order valence-electron chi connectivity index (χ1n) is 7.71. The number of nitrogens with zero attached hydrogens (tertiary/aromatic N) is 3. The van der Waals surface area contributed by atoms with Gasteiger partial charge in [-0.05, 0) is 40.5 Å². The van der Waals surface area contributed by atoms with Crippen LogP contribution in [0.2, 0.25) is 0 Å². The van der Waals surface area contributed by atoms with E-state index in [1.165, 1.54) is 0 Å². The van der Waals surface area contributed by atoms with E-state index in [0.29, 0.717) is 26.1 Å². The number of carbonyl (C=O) groups is 2. The lowest BCUT2D eigenvalue weighted by molar-refractivity contribution is -0.147. The van der Waals surface area contributed by atoms with Crippen LogP contribution in [0.15, 0.2) is 0 Å². The first-order chi connectivity index (χ1) is 9.66. The molecule has 0 saturated carbocycles. The first-order valence-corrected chi connectivity index (χ1v) is 7.71. The normalized spacial score (nSPS) is 28.0. The van der Waals surface area contributed by atoms with Gasteiger partial charge in [-0.15, -0.1) is 0 Å². The number of carboxylic acid groups (broad SMARTS) is 1. The maximum Gasteiger partial charge on any atom is 0.329 e. The van der Waals surface area contributed by atoms with Crippen LogP contribution < -0.4 is 0 Å². The van der Waals surface area contributed by atoms with E-state index in [1.807, 2.05) is 0 Å². The summed E-state index contributed by atoms with van der Waals surface area (Å²) in [6, 6.07) is -0.119. The average Bonchev–Trinajstić information content (AvgIpc) is 2.80. The van der Waals surface area contributed by atoms with Gasteiger partial charge in [0.05, 0.1) is 0 Å². The number of urea groups is 1. The molecule has 2 saturated heterocycles. The Balaban J connectivity index is 2.01. The third kappa shape index (κ3) is 3.00. The SMILES string of the molecule is CC(C)(C)N1CCN(C(=O)N2CCCC2(C)C(=O)O)CC1. The van der Waals surface area contributed by atoms with Crippen molar-refractivity contribution in [2.24, 2.45) is 0 Å². The molecule has 0 bridgehead atoms. The van der Waals surface area contributed by atoms with Crippen molar-refractivity contribution in [3.8, 4) is 0 Å². The molecular weight excluding hydrogens is 270 g/mol. The van der Waals surface area contributed by atoms with Crippen LogP contribution in [0.5, 0.6) is 0 Å². The van der Waals surface area contributed by atoms with E-state index >= 15 is 0 Å². The molecule has 2 rings (SSSR count). The zero-order valence-electron chi connectivity index (χ0n) is 13.6. The summed E-state index contributed by atoms with van der Waals surface area (Å²) in [5, 5.41) is 9.42. The number of carbonyl (C=O) groups excluding carboxylic acids is 1. The van der Waals surface area contributed by atoms with Crippen LogP contribution in [0.1, 0.15) is 40.5 Å². The molecule has 1 unspecified atom stereocenters. The molecule has 0 aliphatic carbocycles. The molecular formula is C15H27N3O3. The smallest absolute Gasteiger partial charge is 0.329 e. The highest BCUT2D eigenvalue weighted by Gasteiger charge is 2.47. The maximum absolute atomic E-state index is 12.6. The van der Waals surface area contributed by atoms with Gasteiger partial charge < -0.3 is 14.9 Å². The third-order valence-corrected chi connectivity index (χ3v) is 4.83. The van der Waals surface area contributed by atoms with Gasteiger partial charge in [0.2, 0.25) is 0 Å². The molecule has 6 heteroatoms. The number of piperazine rings is 1. The molecule has 21 heavy (non-hydrogen) atoms. The Kier molecular flexibility index (Phi) is 4.19. The van der Waals surface area contributed by atoms with Gasteiger partial charge >= 0.3 is 12.0 Å². The van der Waals surface area contributed by atoms with Crippen LogP contribution in [-0.4, -0.2) is 75.6 Å². The van der Waals surface area contributed by atoms with Gasteiger partial charge in [-0.3, -0.25) is 4.90 Å². The van der Waals surface area contributed by atoms with E-state index in [1.54, 1.807) is 16.7 Å². The van der Waals surface area contributed by atoms with E-state index in [-0.39, 0.29) is 11.6 Å². The van der Waals surface area contributed by atoms with E-state index in [2.05, 4.69) is 25.7 Å². The number of rotatable bonds is 1. The Labute approximate surface area is 126 Å². The largest absolute Gasteiger partial charge is 0.480 e. The molecule has 2 fully saturated rings. The van der Waals surface area contributed by atoms with E-state index < -0.39 is 11.5 Å². The molecule has 2 aliphatic rings. The number of hydrogen-bond acceptors (Lipinski definition) is 3. The number of carboxylic acids is 1. The molecule has 6 nitrogen and oxygen atoms in total. The minimum absolute atomic E-state index is 0.109. The predicted molar refractivity (Wildman–Crippen MR) is 80.3 cm³/mol. The van der Waals surface area contributed by atoms with Crippen LogP contribution in [0.25, 0.3) is 0 Å². The Bertz CT molecular complexity index is 424. The van der Waals surface area contributed by atoms with Crippen molar-refractivity contribution in [1.82, 2.24) is 14.7 Å². The fourth-order valence-electron chi connectivity index (χ4n) is 3.23. The summed E-state index contributed by atoms with van der Waals surface area (Å²) in [7, 11) is 0. The fourth-order valence-corrected chi connectivity index (χ4v) is 3.23. The second-order valence-corrected chi connectivity index (χ2v) is 7.26. The minimum atomic E-state index is -1.04. The standard InChI is InChI=1S/C15H27N3O3/c1-14(2,3)17-10-8-16(9-11-17)13(21)18-7-5-6-15(18,4)12(19)20/h5-11H2,1-4H3,(H,19,20). The summed E-state index contributed by atoms with van der Waals surface area (Å²) >= 11 is 0. The Morgan fingerprint density at radius 1 is 1.05 bits per heavy atom. The molecule has 1 N–H and O–H groups in total. The summed E-state index contributed by atoms with van der Waals surface area (Å²) in [6.07, 6.45) is 1.30. The highest BCUT2D eigenvalue weighted by Crippen LogP contribution is 2.30. The zero-order valence-corrected chi connectivity index (χ0v) is 13.6. The molecule has 2 heterocycles. The third-order valence-electron chi connectivity index (χ3n) is 4.83. The van der Waals surface area contributed by atoms with Gasteiger partial charge in [0.1, 0.15) is 5.54 Å². The van der Waals surface area contributed by atoms with Crippen molar-refractivity contribution in [2.45, 2.75) is 51.6 Å². The molecule has 2 aliphatic heterocycles. The quantitative estimate of drug-likeness (QED) is 0.796. The van der Waals surface area contributed by atoms with Crippen molar-refractivity contribution in [1.29, 1.82) is 0 Å². The fraction of sp³-hybridized carbons (Fsp3) is 0.867. The molecule has 0 radical (unpaired) electrons. The zero-order chi connectivity index (χ0) is 15.8. The topological polar surface area (TPSA) is 64.1 Å². The van der Waals surface area contributed by atoms with Crippen LogP contribution in [0.4, 0.5) is 4.79 Å². The predicted octanol–water partition coefficient (Wildman–Crippen LogP) is 1.46. The number of hydrogen-bond donors (Lipinski definition) is 1. The van der Waals surface area contributed by atoms with Gasteiger partial charge in [0, 0.05) is 38.3 Å². The highest BCUT2D eigenvalue weighted by molar-refractivity contribution is 5.86. The minimum Gasteiger partial charge on any atom is -0.480 e. The summed E-state index contributed by atoms with van der Waals surface area (Å²) < 4.78 is 0. The van der Waals surface area contributed by atoms with Crippen LogP contribution in [0.3, 0.4) is 0 Å². The summed E-state index contributed by atoms with van der Waals surface area (Å²) in [6.45, 7) is 11.7. The molecule has 120 valence electrons. The van der Waals surface area contributed by atoms with Crippen molar-refractivity contribution in [3.63, 3.8) is 0 Å². The van der Waals surface area contributed by atoms with Crippen LogP contribution in [-0.2, 0) is 4.79 Å². The summed E-state index contributed by atoms with van der Waals surface area (Å²) in [5.74, 6) is -0.901. The second kappa shape index (κ2) is 5.48. The molecule has 0 aromatic carbocycles. The van der Waals surface area contributed by atoms with E-state index in [0.717, 1.165) is 19.5 Å². The Morgan fingerprint density at radius 2 is 1.62 bits per heavy atom. The second-order valence-electron chi connectivity index (χ2n) is 7.26. The Hall–Kier alpha value is -1.30. The van der Waals surface area contributed by atoms with Gasteiger partial charge in [-0.25, -0.2) is 9.59 Å². The number of amides is 2. The molecule has 2 amide bonds. The van der Waals surface area contributed by atoms with E-state index in [4.69, 9.17) is 0 Å². The lowest BCUT2D eigenvalue weighted by Crippen LogP contribution is -2.60. The molecule has 0 aromatic heterocycles. The lowest BCUT2D eigenvalue weighted by Gasteiger charge is -2.44. The Morgan fingerprint density at radius 3 is 2.10 bits per heavy atom. The highest BCUT2D eigenvalue weighted by atomic mass is 16.4. The van der Waals surface area contributed by atoms with Gasteiger partial charge in [0.25, 0.3) is 0 Å². The van der Waals surface area contributed by atoms with Gasteiger partial charge in [0.15, 0.2) is 0 Å². The number of aliphatic carboxylic acids is 1. The van der Waals surface area contributed by atoms with Crippen molar-refractivity contribution in [2.75, 3.05) is 32.7 Å². The first kappa shape index (κ1) is 16.1. The van der Waals surface area contributed by atoms with Crippen LogP contribution in [0, 0.1) is 0 Å². The monoisotopic (exact) mass is 297 g/mol. The van der Waals surface area contributed by atoms with Crippen molar-refractivity contribution in [3.05, 3.63) is 0 Å². The maximum atomic E-state index is 12.6. The van der Waals surface area contributed by atoms with Gasteiger partial charge in [-0.1, -0.05) is 0 Å². The summed E-state index contributed by atoms with van der Waals surface area (Å²) in [5.41, 5.74) is -0.934. The van der Waals surface area contributed by atoms with Crippen molar-refractivity contribution >= 4 is 12.0 Å². The van der Waals surface area contributed by atoms with Crippen LogP contribution >= 0.6 is 0 Å². The molecule has 1 atom stereocenters. The van der Waals surface area contributed by atoms with Crippen molar-refractivity contribution < 1.29 is 14.7 Å². The van der Waals surface area contributed by atoms with Gasteiger partial charge in [-0.2, -0.15) is 0 Å². The molecule has 0 spiro atoms. The summed E-state index contributed by atoms with van der Waals surface area (Å²) in [4.78, 5) is 29.8. The number of likely N-dealkylation sites (tertiary alicyclic amines) is 1. The molecule has 0 aromatic rings.